The minimum absolute atomic E-state index is 0.132. The molecule has 1 saturated heterocycles. The molecular weight excluding hydrogens is 278 g/mol. The average Bonchev–Trinajstić information content (AvgIpc) is 2.51. The van der Waals surface area contributed by atoms with Crippen molar-refractivity contribution >= 4 is 17.7 Å². The molecule has 2 nitrogen and oxygen atoms in total. The molecule has 1 fully saturated rings. The molecule has 1 aliphatic rings. The topological polar surface area (TPSA) is 20.3 Å². The fourth-order valence-corrected chi connectivity index (χ4v) is 4.03. The van der Waals surface area contributed by atoms with Crippen LogP contribution in [-0.4, -0.2) is 16.6 Å². The predicted molar refractivity (Wildman–Crippen MR) is 88.0 cm³/mol. The van der Waals surface area contributed by atoms with Crippen LogP contribution < -0.4 is 0 Å². The van der Waals surface area contributed by atoms with E-state index in [9.17, 15) is 4.79 Å². The highest BCUT2D eigenvalue weighted by atomic mass is 32.2. The van der Waals surface area contributed by atoms with Crippen molar-refractivity contribution in [3.63, 3.8) is 0 Å². The first kappa shape index (κ1) is 14.2. The third-order valence-corrected chi connectivity index (χ3v) is 5.11. The maximum absolute atomic E-state index is 12.4. The second kappa shape index (κ2) is 6.35. The number of carbonyl (C=O) groups excluding carboxylic acids is 1. The number of rotatable bonds is 3. The van der Waals surface area contributed by atoms with Crippen molar-refractivity contribution < 1.29 is 4.79 Å². The molecular formula is C18H19NOS. The van der Waals surface area contributed by atoms with Crippen molar-refractivity contribution in [3.05, 3.63) is 71.3 Å². The molecule has 1 atom stereocenters. The summed E-state index contributed by atoms with van der Waals surface area (Å²) in [5.74, 6) is 1.16. The molecule has 21 heavy (non-hydrogen) atoms. The summed E-state index contributed by atoms with van der Waals surface area (Å²) in [4.78, 5) is 14.4. The summed E-state index contributed by atoms with van der Waals surface area (Å²) in [5.41, 5.74) is 3.70. The fourth-order valence-electron chi connectivity index (χ4n) is 2.69. The van der Waals surface area contributed by atoms with Crippen molar-refractivity contribution in [3.8, 4) is 0 Å². The van der Waals surface area contributed by atoms with Gasteiger partial charge in [-0.3, -0.25) is 4.79 Å². The molecule has 2 aromatic rings. The molecule has 0 bridgehead atoms. The molecule has 0 aromatic heterocycles. The van der Waals surface area contributed by atoms with Gasteiger partial charge in [-0.05, 0) is 23.6 Å². The summed E-state index contributed by atoms with van der Waals surface area (Å²) >= 11 is 1.87. The first-order valence-electron chi connectivity index (χ1n) is 7.26. The van der Waals surface area contributed by atoms with E-state index < -0.39 is 0 Å². The lowest BCUT2D eigenvalue weighted by atomic mass is 10.1. The predicted octanol–water partition coefficient (Wildman–Crippen LogP) is 4.16. The molecule has 1 unspecified atom stereocenters. The zero-order valence-corrected chi connectivity index (χ0v) is 13.0. The Morgan fingerprint density at radius 2 is 1.81 bits per heavy atom. The second-order valence-corrected chi connectivity index (χ2v) is 6.53. The molecule has 0 aliphatic carbocycles. The van der Waals surface area contributed by atoms with Gasteiger partial charge in [0, 0.05) is 18.7 Å². The summed E-state index contributed by atoms with van der Waals surface area (Å²) in [6.45, 7) is 2.81. The van der Waals surface area contributed by atoms with Crippen molar-refractivity contribution in [1.29, 1.82) is 0 Å². The third-order valence-electron chi connectivity index (χ3n) is 3.85. The first-order valence-corrected chi connectivity index (χ1v) is 8.31. The summed E-state index contributed by atoms with van der Waals surface area (Å²) in [6.07, 6.45) is 0.639. The number of aryl methyl sites for hydroxylation is 1. The van der Waals surface area contributed by atoms with Gasteiger partial charge in [0.1, 0.15) is 5.37 Å². The largest absolute Gasteiger partial charge is 0.322 e. The molecule has 1 aliphatic heterocycles. The van der Waals surface area contributed by atoms with Gasteiger partial charge in [0.15, 0.2) is 0 Å². The van der Waals surface area contributed by atoms with Crippen molar-refractivity contribution in [2.24, 2.45) is 0 Å². The third kappa shape index (κ3) is 3.13. The van der Waals surface area contributed by atoms with Crippen LogP contribution >= 0.6 is 11.8 Å². The monoisotopic (exact) mass is 297 g/mol. The standard InChI is InChI=1S/C18H19NOS/c1-14-7-5-6-10-16(14)18-19(17(20)11-12-21-18)13-15-8-3-2-4-9-15/h2-10,18H,11-13H2,1H3. The summed E-state index contributed by atoms with van der Waals surface area (Å²) in [5, 5.41) is 0.132. The van der Waals surface area contributed by atoms with Gasteiger partial charge in [0.05, 0.1) is 0 Å². The molecule has 0 spiro atoms. The van der Waals surface area contributed by atoms with Crippen LogP contribution in [0.15, 0.2) is 54.6 Å². The first-order chi connectivity index (χ1) is 10.3. The van der Waals surface area contributed by atoms with Gasteiger partial charge in [0.25, 0.3) is 0 Å². The minimum atomic E-state index is 0.132. The van der Waals surface area contributed by atoms with E-state index in [1.54, 1.807) is 0 Å². The van der Waals surface area contributed by atoms with E-state index in [2.05, 4.69) is 43.3 Å². The number of benzene rings is 2. The molecule has 108 valence electrons. The zero-order chi connectivity index (χ0) is 14.7. The Bertz CT molecular complexity index is 626. The maximum Gasteiger partial charge on any atom is 0.224 e. The number of carbonyl (C=O) groups is 1. The van der Waals surface area contributed by atoms with Crippen LogP contribution in [0.1, 0.15) is 28.5 Å². The van der Waals surface area contributed by atoms with Crippen molar-refractivity contribution in [2.75, 3.05) is 5.75 Å². The summed E-state index contributed by atoms with van der Waals surface area (Å²) in [6, 6.07) is 18.6. The molecule has 0 N–H and O–H groups in total. The van der Waals surface area contributed by atoms with Gasteiger partial charge in [-0.25, -0.2) is 0 Å². The Kier molecular flexibility index (Phi) is 4.30. The van der Waals surface area contributed by atoms with Crippen molar-refractivity contribution in [1.82, 2.24) is 4.90 Å². The Labute approximate surface area is 130 Å². The van der Waals surface area contributed by atoms with Crippen LogP contribution in [0.2, 0.25) is 0 Å². The van der Waals surface area contributed by atoms with Crippen LogP contribution in [0.5, 0.6) is 0 Å². The van der Waals surface area contributed by atoms with Crippen LogP contribution in [0, 0.1) is 6.92 Å². The fraction of sp³-hybridized carbons (Fsp3) is 0.278. The molecule has 1 amide bonds. The summed E-state index contributed by atoms with van der Waals surface area (Å²) in [7, 11) is 0. The van der Waals surface area contributed by atoms with E-state index in [-0.39, 0.29) is 11.3 Å². The van der Waals surface area contributed by atoms with Gasteiger partial charge in [0.2, 0.25) is 5.91 Å². The Morgan fingerprint density at radius 1 is 1.10 bits per heavy atom. The van der Waals surface area contributed by atoms with E-state index in [4.69, 9.17) is 0 Å². The number of amides is 1. The lowest BCUT2D eigenvalue weighted by Gasteiger charge is -2.36. The van der Waals surface area contributed by atoms with E-state index in [1.807, 2.05) is 34.9 Å². The number of hydrogen-bond acceptors (Lipinski definition) is 2. The second-order valence-electron chi connectivity index (χ2n) is 5.34. The normalized spacial score (nSPS) is 18.8. The lowest BCUT2D eigenvalue weighted by molar-refractivity contribution is -0.132. The van der Waals surface area contributed by atoms with E-state index in [0.717, 1.165) is 5.75 Å². The minimum Gasteiger partial charge on any atom is -0.322 e. The number of thioether (sulfide) groups is 1. The van der Waals surface area contributed by atoms with Gasteiger partial charge in [-0.1, -0.05) is 54.6 Å². The highest BCUT2D eigenvalue weighted by molar-refractivity contribution is 7.99. The molecule has 1 heterocycles. The Hall–Kier alpha value is -1.74. The quantitative estimate of drug-likeness (QED) is 0.848. The van der Waals surface area contributed by atoms with Crippen LogP contribution in [0.25, 0.3) is 0 Å². The van der Waals surface area contributed by atoms with E-state index >= 15 is 0 Å². The van der Waals surface area contributed by atoms with Crippen LogP contribution in [-0.2, 0) is 11.3 Å². The molecule has 3 rings (SSSR count). The molecule has 0 radical (unpaired) electrons. The summed E-state index contributed by atoms with van der Waals surface area (Å²) < 4.78 is 0. The van der Waals surface area contributed by atoms with Gasteiger partial charge in [-0.2, -0.15) is 0 Å². The Morgan fingerprint density at radius 3 is 2.57 bits per heavy atom. The van der Waals surface area contributed by atoms with Crippen LogP contribution in [0.3, 0.4) is 0 Å². The van der Waals surface area contributed by atoms with Gasteiger partial charge < -0.3 is 4.90 Å². The maximum atomic E-state index is 12.4. The smallest absolute Gasteiger partial charge is 0.224 e. The Balaban J connectivity index is 1.90. The average molecular weight is 297 g/mol. The zero-order valence-electron chi connectivity index (χ0n) is 12.2. The molecule has 3 heteroatoms. The highest BCUT2D eigenvalue weighted by Gasteiger charge is 2.30. The van der Waals surface area contributed by atoms with Crippen LogP contribution in [0.4, 0.5) is 0 Å². The SMILES string of the molecule is Cc1ccccc1C1SCCC(=O)N1Cc1ccccc1. The van der Waals surface area contributed by atoms with E-state index in [1.165, 1.54) is 16.7 Å². The van der Waals surface area contributed by atoms with Crippen molar-refractivity contribution in [2.45, 2.75) is 25.3 Å². The van der Waals surface area contributed by atoms with E-state index in [0.29, 0.717) is 13.0 Å². The number of hydrogen-bond donors (Lipinski definition) is 0. The lowest BCUT2D eigenvalue weighted by Crippen LogP contribution is -2.37. The highest BCUT2D eigenvalue weighted by Crippen LogP contribution is 2.39. The molecule has 2 aromatic carbocycles. The van der Waals surface area contributed by atoms with Gasteiger partial charge >= 0.3 is 0 Å². The van der Waals surface area contributed by atoms with Gasteiger partial charge in [-0.15, -0.1) is 11.8 Å². The number of nitrogens with zero attached hydrogens (tertiary/aromatic N) is 1. The molecule has 0 saturated carbocycles.